The number of fused-ring (bicyclic) bond motifs is 1. The lowest BCUT2D eigenvalue weighted by atomic mass is 9.91. The van der Waals surface area contributed by atoms with E-state index in [1.807, 2.05) is 18.2 Å². The van der Waals surface area contributed by atoms with Crippen molar-refractivity contribution in [3.8, 4) is 17.2 Å². The molecule has 0 radical (unpaired) electrons. The van der Waals surface area contributed by atoms with Crippen LogP contribution in [0.5, 0.6) is 17.2 Å². The van der Waals surface area contributed by atoms with Gasteiger partial charge in [0.25, 0.3) is 0 Å². The molecule has 0 unspecified atom stereocenters. The Bertz CT molecular complexity index is 899. The van der Waals surface area contributed by atoms with Crippen LogP contribution in [0.4, 0.5) is 0 Å². The second-order valence-electron chi connectivity index (χ2n) is 7.16. The summed E-state index contributed by atoms with van der Waals surface area (Å²) in [6.45, 7) is 2.17. The van der Waals surface area contributed by atoms with E-state index < -0.39 is 6.10 Å². The van der Waals surface area contributed by atoms with E-state index in [9.17, 15) is 15.3 Å². The Labute approximate surface area is 159 Å². The number of aliphatic hydroxyl groups is 1. The van der Waals surface area contributed by atoms with E-state index in [2.05, 4.69) is 25.1 Å². The van der Waals surface area contributed by atoms with E-state index in [1.165, 1.54) is 29.1 Å². The summed E-state index contributed by atoms with van der Waals surface area (Å²) in [4.78, 5) is 0. The summed E-state index contributed by atoms with van der Waals surface area (Å²) in [5, 5.41) is 31.8. The van der Waals surface area contributed by atoms with Crippen LogP contribution in [0.25, 0.3) is 10.8 Å². The molecule has 0 spiro atoms. The fourth-order valence-electron chi connectivity index (χ4n) is 3.59. The fraction of sp³-hybridized carbons (Fsp3) is 0.304. The van der Waals surface area contributed by atoms with Crippen LogP contribution in [0.3, 0.4) is 0 Å². The Morgan fingerprint density at radius 1 is 0.889 bits per heavy atom. The van der Waals surface area contributed by atoms with Crippen molar-refractivity contribution in [1.82, 2.24) is 0 Å². The molecule has 0 fully saturated rings. The summed E-state index contributed by atoms with van der Waals surface area (Å²) < 4.78 is 5.46. The number of hydrogen-bond donors (Lipinski definition) is 3. The third kappa shape index (κ3) is 4.52. The van der Waals surface area contributed by atoms with E-state index >= 15 is 0 Å². The van der Waals surface area contributed by atoms with Crippen LogP contribution in [0.1, 0.15) is 37.0 Å². The number of rotatable bonds is 7. The van der Waals surface area contributed by atoms with Crippen molar-refractivity contribution in [1.29, 1.82) is 0 Å². The Kier molecular flexibility index (Phi) is 5.87. The summed E-state index contributed by atoms with van der Waals surface area (Å²) in [7, 11) is 1.69. The predicted molar refractivity (Wildman–Crippen MR) is 107 cm³/mol. The normalized spacial score (nSPS) is 13.4. The van der Waals surface area contributed by atoms with Crippen LogP contribution in [0.15, 0.2) is 54.6 Å². The molecular formula is C23H26O4. The first-order chi connectivity index (χ1) is 13.0. The maximum absolute atomic E-state index is 10.4. The standard InChI is InChI=1S/C23H26O4/c1-15(7-9-22(26)17-12-18(24)14-19(25)13-17)11-16-8-10-23(27-2)21-6-4-3-5-20(16)21/h3-6,8,10,12-15,22,24-26H,7,9,11H2,1-2H3/t15-,22-/m0/s1. The molecule has 0 aromatic heterocycles. The van der Waals surface area contributed by atoms with Gasteiger partial charge in [0.15, 0.2) is 0 Å². The maximum atomic E-state index is 10.4. The second-order valence-corrected chi connectivity index (χ2v) is 7.16. The number of hydrogen-bond acceptors (Lipinski definition) is 4. The van der Waals surface area contributed by atoms with Gasteiger partial charge in [0.2, 0.25) is 0 Å². The van der Waals surface area contributed by atoms with Gasteiger partial charge in [-0.3, -0.25) is 0 Å². The van der Waals surface area contributed by atoms with Gasteiger partial charge in [-0.25, -0.2) is 0 Å². The average molecular weight is 366 g/mol. The van der Waals surface area contributed by atoms with Gasteiger partial charge < -0.3 is 20.1 Å². The monoisotopic (exact) mass is 366 g/mol. The van der Waals surface area contributed by atoms with Crippen molar-refractivity contribution >= 4 is 10.8 Å². The summed E-state index contributed by atoms with van der Waals surface area (Å²) in [5.74, 6) is 1.17. The average Bonchev–Trinajstić information content (AvgIpc) is 2.65. The maximum Gasteiger partial charge on any atom is 0.126 e. The smallest absolute Gasteiger partial charge is 0.126 e. The van der Waals surface area contributed by atoms with Crippen molar-refractivity contribution in [2.75, 3.05) is 7.11 Å². The van der Waals surface area contributed by atoms with Crippen LogP contribution < -0.4 is 4.74 Å². The van der Waals surface area contributed by atoms with Gasteiger partial charge in [0.1, 0.15) is 17.2 Å². The number of phenolic OH excluding ortho intramolecular Hbond substituents is 2. The summed E-state index contributed by atoms with van der Waals surface area (Å²) >= 11 is 0. The fourth-order valence-corrected chi connectivity index (χ4v) is 3.59. The molecule has 0 aliphatic rings. The van der Waals surface area contributed by atoms with Crippen LogP contribution in [0.2, 0.25) is 0 Å². The molecule has 0 saturated heterocycles. The summed E-state index contributed by atoms with van der Waals surface area (Å²) in [5.41, 5.74) is 1.80. The molecule has 0 aliphatic heterocycles. The molecule has 142 valence electrons. The van der Waals surface area contributed by atoms with Crippen molar-refractivity contribution in [3.05, 3.63) is 65.7 Å². The molecule has 3 aromatic rings. The number of benzene rings is 3. The molecule has 0 bridgehead atoms. The van der Waals surface area contributed by atoms with E-state index in [0.29, 0.717) is 17.9 Å². The highest BCUT2D eigenvalue weighted by molar-refractivity contribution is 5.91. The lowest BCUT2D eigenvalue weighted by Crippen LogP contribution is -2.05. The van der Waals surface area contributed by atoms with Crippen molar-refractivity contribution in [2.24, 2.45) is 5.92 Å². The van der Waals surface area contributed by atoms with Crippen molar-refractivity contribution in [2.45, 2.75) is 32.3 Å². The number of phenols is 2. The highest BCUT2D eigenvalue weighted by Crippen LogP contribution is 2.32. The van der Waals surface area contributed by atoms with Crippen molar-refractivity contribution < 1.29 is 20.1 Å². The van der Waals surface area contributed by atoms with Crippen LogP contribution in [-0.2, 0) is 6.42 Å². The second kappa shape index (κ2) is 8.31. The zero-order valence-corrected chi connectivity index (χ0v) is 15.7. The van der Waals surface area contributed by atoms with Crippen molar-refractivity contribution in [3.63, 3.8) is 0 Å². The Balaban J connectivity index is 1.67. The largest absolute Gasteiger partial charge is 0.508 e. The van der Waals surface area contributed by atoms with Crippen LogP contribution in [0, 0.1) is 5.92 Å². The van der Waals surface area contributed by atoms with E-state index in [-0.39, 0.29) is 11.5 Å². The SMILES string of the molecule is COc1ccc(C[C@@H](C)CC[C@H](O)c2cc(O)cc(O)c2)c2ccccc12. The first kappa shape index (κ1) is 19.1. The minimum absolute atomic E-state index is 0.0400. The van der Waals surface area contributed by atoms with Gasteiger partial charge in [-0.15, -0.1) is 0 Å². The lowest BCUT2D eigenvalue weighted by Gasteiger charge is -2.17. The quantitative estimate of drug-likeness (QED) is 0.553. The van der Waals surface area contributed by atoms with Gasteiger partial charge in [0, 0.05) is 11.5 Å². The molecule has 3 aromatic carbocycles. The third-order valence-electron chi connectivity index (χ3n) is 5.01. The molecule has 4 nitrogen and oxygen atoms in total. The topological polar surface area (TPSA) is 69.9 Å². The minimum Gasteiger partial charge on any atom is -0.508 e. The zero-order valence-electron chi connectivity index (χ0n) is 15.7. The molecule has 0 amide bonds. The van der Waals surface area contributed by atoms with E-state index in [0.717, 1.165) is 24.0 Å². The molecule has 3 N–H and O–H groups in total. The number of methoxy groups -OCH3 is 1. The number of aromatic hydroxyl groups is 2. The van der Waals surface area contributed by atoms with Crippen LogP contribution in [-0.4, -0.2) is 22.4 Å². The first-order valence-corrected chi connectivity index (χ1v) is 9.23. The van der Waals surface area contributed by atoms with Gasteiger partial charge in [-0.2, -0.15) is 0 Å². The van der Waals surface area contributed by atoms with Gasteiger partial charge in [-0.1, -0.05) is 37.3 Å². The van der Waals surface area contributed by atoms with Gasteiger partial charge >= 0.3 is 0 Å². The molecule has 27 heavy (non-hydrogen) atoms. The molecule has 4 heteroatoms. The molecule has 0 aliphatic carbocycles. The first-order valence-electron chi connectivity index (χ1n) is 9.23. The van der Waals surface area contributed by atoms with Gasteiger partial charge in [-0.05, 0) is 59.9 Å². The highest BCUT2D eigenvalue weighted by Gasteiger charge is 2.14. The Morgan fingerprint density at radius 2 is 1.56 bits per heavy atom. The number of ether oxygens (including phenoxy) is 1. The minimum atomic E-state index is -0.710. The predicted octanol–water partition coefficient (Wildman–Crippen LogP) is 4.95. The van der Waals surface area contributed by atoms with E-state index in [1.54, 1.807) is 7.11 Å². The van der Waals surface area contributed by atoms with Crippen LogP contribution >= 0.6 is 0 Å². The molecule has 0 saturated carbocycles. The van der Waals surface area contributed by atoms with E-state index in [4.69, 9.17) is 4.74 Å². The Morgan fingerprint density at radius 3 is 2.22 bits per heavy atom. The highest BCUT2D eigenvalue weighted by atomic mass is 16.5. The summed E-state index contributed by atoms with van der Waals surface area (Å²) in [6, 6.07) is 16.6. The van der Waals surface area contributed by atoms with Gasteiger partial charge in [0.05, 0.1) is 13.2 Å². The molecule has 2 atom stereocenters. The molecular weight excluding hydrogens is 340 g/mol. The number of aliphatic hydroxyl groups excluding tert-OH is 1. The third-order valence-corrected chi connectivity index (χ3v) is 5.01. The zero-order chi connectivity index (χ0) is 19.4. The lowest BCUT2D eigenvalue weighted by molar-refractivity contribution is 0.157. The molecule has 3 rings (SSSR count). The molecule has 0 heterocycles. The Hall–Kier alpha value is -2.72. The summed E-state index contributed by atoms with van der Waals surface area (Å²) in [6.07, 6.45) is 1.59.